The molecule has 3 aliphatic rings. The number of allylic oxidation sites excluding steroid dienone is 4. The molecule has 2 fully saturated rings. The van der Waals surface area contributed by atoms with Crippen molar-refractivity contribution in [2.75, 3.05) is 0 Å². The minimum atomic E-state index is -0.613. The van der Waals surface area contributed by atoms with Crippen molar-refractivity contribution < 1.29 is 8.78 Å². The fourth-order valence-electron chi connectivity index (χ4n) is 8.01. The highest BCUT2D eigenvalue weighted by atomic mass is 19.2. The lowest BCUT2D eigenvalue weighted by molar-refractivity contribution is 0.121. The summed E-state index contributed by atoms with van der Waals surface area (Å²) in [4.78, 5) is 0. The van der Waals surface area contributed by atoms with Gasteiger partial charge in [0.2, 0.25) is 0 Å². The summed E-state index contributed by atoms with van der Waals surface area (Å²) in [5, 5.41) is 0. The van der Waals surface area contributed by atoms with Crippen molar-refractivity contribution in [2.24, 2.45) is 29.6 Å². The van der Waals surface area contributed by atoms with E-state index >= 15 is 4.39 Å². The summed E-state index contributed by atoms with van der Waals surface area (Å²) in [5.74, 6) is 3.25. The van der Waals surface area contributed by atoms with Crippen molar-refractivity contribution in [2.45, 2.75) is 136 Å². The summed E-state index contributed by atoms with van der Waals surface area (Å²) in [6, 6.07) is 3.70. The summed E-state index contributed by atoms with van der Waals surface area (Å²) < 4.78 is 29.9. The molecule has 1 atom stereocenters. The summed E-state index contributed by atoms with van der Waals surface area (Å²) >= 11 is 0. The average Bonchev–Trinajstić information content (AvgIpc) is 2.96. The molecule has 0 aliphatic heterocycles. The van der Waals surface area contributed by atoms with Gasteiger partial charge in [0, 0.05) is 5.56 Å². The van der Waals surface area contributed by atoms with Crippen molar-refractivity contribution in [1.29, 1.82) is 0 Å². The molecule has 3 aliphatic carbocycles. The van der Waals surface area contributed by atoms with Gasteiger partial charge in [0.1, 0.15) is 0 Å². The minimum absolute atomic E-state index is 0.515. The third kappa shape index (κ3) is 8.04. The second-order valence-corrected chi connectivity index (χ2v) is 12.9. The quantitative estimate of drug-likeness (QED) is 0.188. The molecule has 1 aromatic carbocycles. The molecule has 0 nitrogen and oxygen atoms in total. The van der Waals surface area contributed by atoms with E-state index in [0.29, 0.717) is 17.5 Å². The number of benzene rings is 1. The third-order valence-corrected chi connectivity index (χ3v) is 10.5. The smallest absolute Gasteiger partial charge is 0.166 e. The second kappa shape index (κ2) is 15.4. The van der Waals surface area contributed by atoms with E-state index in [1.807, 2.05) is 12.1 Å². The average molecular weight is 525 g/mol. The Morgan fingerprint density at radius 3 is 2.05 bits per heavy atom. The van der Waals surface area contributed by atoms with E-state index in [-0.39, 0.29) is 0 Å². The van der Waals surface area contributed by atoms with Gasteiger partial charge < -0.3 is 0 Å². The number of unbranched alkanes of at least 4 members (excludes halogenated alkanes) is 4. The highest BCUT2D eigenvalue weighted by Crippen LogP contribution is 2.46. The number of rotatable bonds is 12. The van der Waals surface area contributed by atoms with Crippen LogP contribution in [-0.2, 0) is 6.42 Å². The zero-order chi connectivity index (χ0) is 26.7. The molecule has 0 amide bonds. The Kier molecular flexibility index (Phi) is 12.0. The Morgan fingerprint density at radius 2 is 1.42 bits per heavy atom. The number of hydrogen-bond donors (Lipinski definition) is 0. The van der Waals surface area contributed by atoms with Crippen LogP contribution in [0.25, 0.3) is 5.57 Å². The molecule has 1 aromatic rings. The van der Waals surface area contributed by atoms with Crippen LogP contribution in [0.3, 0.4) is 0 Å². The van der Waals surface area contributed by atoms with Gasteiger partial charge in [-0.3, -0.25) is 0 Å². The summed E-state index contributed by atoms with van der Waals surface area (Å²) in [6.07, 6.45) is 30.3. The lowest BCUT2D eigenvalue weighted by atomic mass is 9.65. The molecule has 2 heteroatoms. The molecule has 0 N–H and O–H groups in total. The molecule has 0 spiro atoms. The summed E-state index contributed by atoms with van der Waals surface area (Å²) in [7, 11) is 0. The van der Waals surface area contributed by atoms with Crippen LogP contribution in [0.2, 0.25) is 0 Å². The largest absolute Gasteiger partial charge is 0.203 e. The molecular weight excluding hydrogens is 470 g/mol. The fraction of sp³-hybridized carbons (Fsp3) is 0.722. The predicted octanol–water partition coefficient (Wildman–Crippen LogP) is 11.6. The van der Waals surface area contributed by atoms with Gasteiger partial charge in [0.05, 0.1) is 0 Å². The van der Waals surface area contributed by atoms with E-state index in [1.165, 1.54) is 83.5 Å². The van der Waals surface area contributed by atoms with Crippen LogP contribution < -0.4 is 0 Å². The first kappa shape index (κ1) is 29.5. The van der Waals surface area contributed by atoms with Crippen LogP contribution in [0.1, 0.15) is 141 Å². The topological polar surface area (TPSA) is 0 Å². The fourth-order valence-corrected chi connectivity index (χ4v) is 8.01. The van der Waals surface area contributed by atoms with Crippen LogP contribution >= 0.6 is 0 Å². The van der Waals surface area contributed by atoms with Crippen LogP contribution in [-0.4, -0.2) is 0 Å². The van der Waals surface area contributed by atoms with Crippen molar-refractivity contribution in [3.8, 4) is 0 Å². The van der Waals surface area contributed by atoms with Gasteiger partial charge in [0.15, 0.2) is 11.6 Å². The Bertz CT molecular complexity index is 896. The first-order valence-electron chi connectivity index (χ1n) is 16.4. The van der Waals surface area contributed by atoms with E-state index in [0.717, 1.165) is 67.3 Å². The van der Waals surface area contributed by atoms with Crippen LogP contribution in [0.5, 0.6) is 0 Å². The monoisotopic (exact) mass is 524 g/mol. The standard InChI is InChI=1S/C36H54F2/c1-3-5-7-8-10-12-33-25-26-34(36(38)35(33)37)32-23-21-31(22-24-32)30-19-17-29(18-20-30)28-15-13-27(14-16-28)11-9-6-4-2/h4,6,23,25-31H,3,5,7-22,24H2,1-2H3. The Hall–Kier alpha value is -1.44. The SMILES string of the molecule is CC=CCCC1CCC(C2CCC(C3CC=C(c4ccc(CCCCCCC)c(F)c4F)CC3)CC2)CC1. The predicted molar refractivity (Wildman–Crippen MR) is 159 cm³/mol. The summed E-state index contributed by atoms with van der Waals surface area (Å²) in [5.41, 5.74) is 2.10. The maximum absolute atomic E-state index is 15.0. The van der Waals surface area contributed by atoms with Gasteiger partial charge >= 0.3 is 0 Å². The first-order valence-corrected chi connectivity index (χ1v) is 16.4. The molecule has 0 heterocycles. The van der Waals surface area contributed by atoms with Crippen LogP contribution in [0.15, 0.2) is 30.4 Å². The Balaban J connectivity index is 1.21. The van der Waals surface area contributed by atoms with E-state index in [9.17, 15) is 4.39 Å². The van der Waals surface area contributed by atoms with Gasteiger partial charge in [0.25, 0.3) is 0 Å². The number of halogens is 2. The lowest BCUT2D eigenvalue weighted by Gasteiger charge is -2.40. The Labute approximate surface area is 232 Å². The Morgan fingerprint density at radius 1 is 0.763 bits per heavy atom. The van der Waals surface area contributed by atoms with Gasteiger partial charge in [-0.15, -0.1) is 0 Å². The van der Waals surface area contributed by atoms with Gasteiger partial charge in [-0.2, -0.15) is 0 Å². The normalized spacial score (nSPS) is 28.5. The van der Waals surface area contributed by atoms with E-state index in [1.54, 1.807) is 0 Å². The maximum atomic E-state index is 15.0. The van der Waals surface area contributed by atoms with Gasteiger partial charge in [-0.25, -0.2) is 8.78 Å². The first-order chi connectivity index (χ1) is 18.6. The van der Waals surface area contributed by atoms with E-state index in [4.69, 9.17) is 0 Å². The lowest BCUT2D eigenvalue weighted by Crippen LogP contribution is -2.28. The number of aryl methyl sites for hydroxylation is 1. The van der Waals surface area contributed by atoms with E-state index in [2.05, 4.69) is 32.1 Å². The second-order valence-electron chi connectivity index (χ2n) is 12.9. The molecule has 38 heavy (non-hydrogen) atoms. The molecule has 0 saturated heterocycles. The highest BCUT2D eigenvalue weighted by Gasteiger charge is 2.34. The zero-order valence-electron chi connectivity index (χ0n) is 24.5. The molecule has 212 valence electrons. The molecule has 1 unspecified atom stereocenters. The van der Waals surface area contributed by atoms with Crippen LogP contribution in [0.4, 0.5) is 8.78 Å². The van der Waals surface area contributed by atoms with Gasteiger partial charge in [-0.05, 0) is 131 Å². The molecule has 2 saturated carbocycles. The number of hydrogen-bond acceptors (Lipinski definition) is 0. The molecule has 0 bridgehead atoms. The zero-order valence-corrected chi connectivity index (χ0v) is 24.5. The van der Waals surface area contributed by atoms with Gasteiger partial charge in [-0.1, -0.05) is 75.8 Å². The summed E-state index contributed by atoms with van der Waals surface area (Å²) in [6.45, 7) is 4.33. The van der Waals surface area contributed by atoms with Crippen molar-refractivity contribution >= 4 is 5.57 Å². The maximum Gasteiger partial charge on any atom is 0.166 e. The van der Waals surface area contributed by atoms with Crippen molar-refractivity contribution in [3.05, 3.63) is 53.1 Å². The minimum Gasteiger partial charge on any atom is -0.203 e. The van der Waals surface area contributed by atoms with Crippen molar-refractivity contribution in [3.63, 3.8) is 0 Å². The molecule has 0 aromatic heterocycles. The third-order valence-electron chi connectivity index (χ3n) is 10.5. The molecule has 0 radical (unpaired) electrons. The molecule has 4 rings (SSSR count). The highest BCUT2D eigenvalue weighted by molar-refractivity contribution is 5.67. The molecular formula is C36H54F2. The van der Waals surface area contributed by atoms with E-state index < -0.39 is 11.6 Å². The van der Waals surface area contributed by atoms with Crippen LogP contribution in [0, 0.1) is 41.2 Å². The van der Waals surface area contributed by atoms with Crippen molar-refractivity contribution in [1.82, 2.24) is 0 Å².